The first-order chi connectivity index (χ1) is 14.6. The lowest BCUT2D eigenvalue weighted by Crippen LogP contribution is -2.46. The Hall–Kier alpha value is -3.58. The van der Waals surface area contributed by atoms with Crippen LogP contribution in [0.1, 0.15) is 24.0 Å². The summed E-state index contributed by atoms with van der Waals surface area (Å²) in [6.45, 7) is 1.20. The Morgan fingerprint density at radius 2 is 1.57 bits per heavy atom. The van der Waals surface area contributed by atoms with E-state index in [1.807, 2.05) is 42.5 Å². The summed E-state index contributed by atoms with van der Waals surface area (Å²) < 4.78 is 5.60. The monoisotopic (exact) mass is 400 g/mol. The van der Waals surface area contributed by atoms with E-state index >= 15 is 0 Å². The molecule has 0 spiro atoms. The first-order valence-electron chi connectivity index (χ1n) is 9.83. The van der Waals surface area contributed by atoms with E-state index in [0.717, 1.165) is 22.3 Å². The molecule has 1 aliphatic rings. The normalized spacial score (nSPS) is 16.2. The molecule has 1 fully saturated rings. The first-order valence-corrected chi connectivity index (χ1v) is 9.83. The Labute approximate surface area is 175 Å². The van der Waals surface area contributed by atoms with Crippen molar-refractivity contribution in [3.63, 3.8) is 0 Å². The third-order valence-electron chi connectivity index (χ3n) is 5.56. The van der Waals surface area contributed by atoms with Crippen molar-refractivity contribution in [1.29, 1.82) is 5.41 Å². The summed E-state index contributed by atoms with van der Waals surface area (Å²) in [6, 6.07) is 17.6. The number of amidine groups is 2. The highest BCUT2D eigenvalue weighted by Crippen LogP contribution is 2.36. The number of hydrogen-bond acceptors (Lipinski definition) is 5. The molecule has 5 N–H and O–H groups in total. The SMILES string of the molecule is N=C(N=C(N)C1(c2ccc(-c3cnc(N)nc3)cc2)CCOCC1)c1ccccc1. The van der Waals surface area contributed by atoms with Crippen molar-refractivity contribution in [3.05, 3.63) is 78.1 Å². The number of benzene rings is 2. The van der Waals surface area contributed by atoms with Gasteiger partial charge in [-0.05, 0) is 24.0 Å². The average molecular weight is 400 g/mol. The van der Waals surface area contributed by atoms with Gasteiger partial charge < -0.3 is 16.2 Å². The Morgan fingerprint density at radius 3 is 2.20 bits per heavy atom. The van der Waals surface area contributed by atoms with Crippen molar-refractivity contribution < 1.29 is 4.74 Å². The molecule has 0 unspecified atom stereocenters. The second-order valence-corrected chi connectivity index (χ2v) is 7.31. The van der Waals surface area contributed by atoms with E-state index in [0.29, 0.717) is 31.9 Å². The van der Waals surface area contributed by atoms with Crippen LogP contribution in [0, 0.1) is 5.41 Å². The molecule has 0 atom stereocenters. The van der Waals surface area contributed by atoms with Crippen LogP contribution in [0.25, 0.3) is 11.1 Å². The zero-order valence-corrected chi connectivity index (χ0v) is 16.6. The predicted molar refractivity (Wildman–Crippen MR) is 119 cm³/mol. The fourth-order valence-corrected chi connectivity index (χ4v) is 3.77. The molecule has 4 rings (SSSR count). The van der Waals surface area contributed by atoms with Crippen molar-refractivity contribution in [2.45, 2.75) is 18.3 Å². The lowest BCUT2D eigenvalue weighted by molar-refractivity contribution is 0.0705. The third-order valence-corrected chi connectivity index (χ3v) is 5.56. The number of anilines is 1. The van der Waals surface area contributed by atoms with Gasteiger partial charge in [0.05, 0.1) is 5.41 Å². The van der Waals surface area contributed by atoms with Gasteiger partial charge in [0, 0.05) is 36.7 Å². The quantitative estimate of drug-likeness (QED) is 0.458. The van der Waals surface area contributed by atoms with E-state index in [2.05, 4.69) is 27.1 Å². The molecular formula is C23H24N6O. The minimum absolute atomic E-state index is 0.162. The summed E-state index contributed by atoms with van der Waals surface area (Å²) in [7, 11) is 0. The van der Waals surface area contributed by atoms with Crippen LogP contribution >= 0.6 is 0 Å². The van der Waals surface area contributed by atoms with Gasteiger partial charge in [0.2, 0.25) is 5.95 Å². The molecule has 3 aromatic rings. The summed E-state index contributed by atoms with van der Waals surface area (Å²) in [6.07, 6.45) is 4.85. The highest BCUT2D eigenvalue weighted by molar-refractivity contribution is 6.07. The van der Waals surface area contributed by atoms with E-state index in [1.165, 1.54) is 0 Å². The smallest absolute Gasteiger partial charge is 0.219 e. The third kappa shape index (κ3) is 3.92. The maximum atomic E-state index is 8.37. The minimum atomic E-state index is -0.463. The molecule has 0 radical (unpaired) electrons. The molecule has 30 heavy (non-hydrogen) atoms. The number of nitrogens with zero attached hydrogens (tertiary/aromatic N) is 3. The fourth-order valence-electron chi connectivity index (χ4n) is 3.77. The van der Waals surface area contributed by atoms with Crippen molar-refractivity contribution in [1.82, 2.24) is 9.97 Å². The van der Waals surface area contributed by atoms with Gasteiger partial charge >= 0.3 is 0 Å². The van der Waals surface area contributed by atoms with Crippen molar-refractivity contribution in [2.75, 3.05) is 18.9 Å². The molecule has 1 aromatic heterocycles. The minimum Gasteiger partial charge on any atom is -0.386 e. The topological polar surface area (TPSA) is 123 Å². The summed E-state index contributed by atoms with van der Waals surface area (Å²) in [5.41, 5.74) is 15.3. The van der Waals surface area contributed by atoms with Crippen molar-refractivity contribution in [3.8, 4) is 11.1 Å². The molecule has 1 aliphatic heterocycles. The lowest BCUT2D eigenvalue weighted by atomic mass is 9.73. The van der Waals surface area contributed by atoms with Crippen LogP contribution in [0.5, 0.6) is 0 Å². The number of nitrogens with one attached hydrogen (secondary N) is 1. The number of aliphatic imine (C=N–C) groups is 1. The van der Waals surface area contributed by atoms with Gasteiger partial charge in [-0.15, -0.1) is 0 Å². The summed E-state index contributed by atoms with van der Waals surface area (Å²) in [5.74, 6) is 0.860. The molecule has 0 aliphatic carbocycles. The van der Waals surface area contributed by atoms with Gasteiger partial charge in [-0.1, -0.05) is 54.6 Å². The number of ether oxygens (including phenoxy) is 1. The maximum Gasteiger partial charge on any atom is 0.219 e. The van der Waals surface area contributed by atoms with Crippen molar-refractivity contribution >= 4 is 17.6 Å². The Balaban J connectivity index is 1.67. The number of rotatable bonds is 4. The zero-order chi connectivity index (χ0) is 21.0. The van der Waals surface area contributed by atoms with Crippen LogP contribution in [0.2, 0.25) is 0 Å². The van der Waals surface area contributed by atoms with Gasteiger partial charge in [-0.25, -0.2) is 15.0 Å². The second-order valence-electron chi connectivity index (χ2n) is 7.31. The standard InChI is InChI=1S/C23H24N6O/c24-20(17-4-2-1-3-5-17)29-21(25)23(10-12-30-13-11-23)19-8-6-16(7-9-19)18-14-27-22(26)28-15-18/h1-9,14-15H,10-13H2,(H3,24,25,29)(H2,26,27,28). The predicted octanol–water partition coefficient (Wildman–Crippen LogP) is 3.16. The number of nitrogen functional groups attached to an aromatic ring is 1. The van der Waals surface area contributed by atoms with Crippen LogP contribution in [0.3, 0.4) is 0 Å². The van der Waals surface area contributed by atoms with Gasteiger partial charge in [0.1, 0.15) is 5.84 Å². The van der Waals surface area contributed by atoms with Gasteiger partial charge in [0.15, 0.2) is 5.84 Å². The number of aromatic nitrogens is 2. The number of hydrogen-bond donors (Lipinski definition) is 3. The summed E-state index contributed by atoms with van der Waals surface area (Å²) in [5, 5.41) is 8.37. The molecule has 7 heteroatoms. The number of nitrogens with two attached hydrogens (primary N) is 2. The van der Waals surface area contributed by atoms with Crippen LogP contribution in [0.4, 0.5) is 5.95 Å². The molecule has 7 nitrogen and oxygen atoms in total. The Bertz CT molecular complexity index is 1040. The van der Waals surface area contributed by atoms with E-state index in [1.54, 1.807) is 12.4 Å². The Kier molecular flexibility index (Phi) is 5.54. The molecule has 152 valence electrons. The molecule has 0 bridgehead atoms. The van der Waals surface area contributed by atoms with Crippen molar-refractivity contribution in [2.24, 2.45) is 10.7 Å². The van der Waals surface area contributed by atoms with Crippen LogP contribution < -0.4 is 11.5 Å². The zero-order valence-electron chi connectivity index (χ0n) is 16.6. The fraction of sp³-hybridized carbons (Fsp3) is 0.217. The molecule has 0 saturated carbocycles. The average Bonchev–Trinajstić information content (AvgIpc) is 2.80. The van der Waals surface area contributed by atoms with E-state index in [4.69, 9.17) is 21.6 Å². The van der Waals surface area contributed by atoms with Crippen LogP contribution in [0.15, 0.2) is 72.0 Å². The highest BCUT2D eigenvalue weighted by atomic mass is 16.5. The maximum absolute atomic E-state index is 8.37. The molecule has 2 aromatic carbocycles. The van der Waals surface area contributed by atoms with Gasteiger partial charge in [-0.2, -0.15) is 0 Å². The second kappa shape index (κ2) is 8.42. The van der Waals surface area contributed by atoms with Gasteiger partial charge in [0.25, 0.3) is 0 Å². The molecular weight excluding hydrogens is 376 g/mol. The molecule has 1 saturated heterocycles. The Morgan fingerprint density at radius 1 is 0.933 bits per heavy atom. The largest absolute Gasteiger partial charge is 0.386 e. The van der Waals surface area contributed by atoms with Gasteiger partial charge in [-0.3, -0.25) is 5.41 Å². The van der Waals surface area contributed by atoms with E-state index in [9.17, 15) is 0 Å². The van der Waals surface area contributed by atoms with E-state index in [-0.39, 0.29) is 11.8 Å². The lowest BCUT2D eigenvalue weighted by Gasteiger charge is -2.37. The van der Waals surface area contributed by atoms with Crippen LogP contribution in [-0.4, -0.2) is 34.9 Å². The summed E-state index contributed by atoms with van der Waals surface area (Å²) in [4.78, 5) is 12.6. The first kappa shape index (κ1) is 19.7. The molecule has 0 amide bonds. The molecule has 2 heterocycles. The highest BCUT2D eigenvalue weighted by Gasteiger charge is 2.38. The van der Waals surface area contributed by atoms with E-state index < -0.39 is 5.41 Å². The van der Waals surface area contributed by atoms with Crippen LogP contribution in [-0.2, 0) is 10.2 Å². The summed E-state index contributed by atoms with van der Waals surface area (Å²) >= 11 is 0.